The first-order valence-electron chi connectivity index (χ1n) is 23.0. The summed E-state index contributed by atoms with van der Waals surface area (Å²) < 4.78 is 42.5. The Labute approximate surface area is 370 Å². The van der Waals surface area contributed by atoms with E-state index in [9.17, 15) is 29.1 Å². The zero-order chi connectivity index (χ0) is 46.5. The molecule has 0 aromatic rings. The molecule has 13 unspecified atom stereocenters. The molecule has 5 aliphatic rings. The van der Waals surface area contributed by atoms with E-state index in [1.54, 1.807) is 0 Å². The number of hydrogen-bond acceptors (Lipinski definition) is 13. The van der Waals surface area contributed by atoms with Gasteiger partial charge in [-0.2, -0.15) is 0 Å². The van der Waals surface area contributed by atoms with Gasteiger partial charge in [0.15, 0.2) is 24.6 Å². The third kappa shape index (κ3) is 9.65. The first-order valence-corrected chi connectivity index (χ1v) is 23.0. The summed E-state index contributed by atoms with van der Waals surface area (Å²) in [7, 11) is 0. The van der Waals surface area contributed by atoms with Crippen molar-refractivity contribution in [2.45, 2.75) is 210 Å². The van der Waals surface area contributed by atoms with Crippen molar-refractivity contribution in [3.8, 4) is 0 Å². The number of ether oxygens (including phenoxy) is 7. The zero-order valence-corrected chi connectivity index (χ0v) is 40.3. The summed E-state index contributed by atoms with van der Waals surface area (Å²) >= 11 is 0. The Balaban J connectivity index is 1.50. The molecule has 0 amide bonds. The van der Waals surface area contributed by atoms with Gasteiger partial charge in [-0.05, 0) is 139 Å². The second-order valence-electron chi connectivity index (χ2n) is 22.3. The molecule has 13 nitrogen and oxygen atoms in total. The third-order valence-electron chi connectivity index (χ3n) is 16.4. The predicted octanol–water partition coefficient (Wildman–Crippen LogP) is 8.21. The van der Waals surface area contributed by atoms with Gasteiger partial charge < -0.3 is 38.3 Å². The van der Waals surface area contributed by atoms with Crippen LogP contribution in [0.4, 0.5) is 0 Å². The number of rotatable bonds is 12. The number of esters is 5. The number of carbonyl (C=O) groups is 5. The predicted molar refractivity (Wildman–Crippen MR) is 230 cm³/mol. The van der Waals surface area contributed by atoms with E-state index in [1.807, 2.05) is 27.7 Å². The van der Waals surface area contributed by atoms with E-state index < -0.39 is 77.1 Å². The van der Waals surface area contributed by atoms with E-state index in [0.717, 1.165) is 38.5 Å². The van der Waals surface area contributed by atoms with Crippen molar-refractivity contribution >= 4 is 29.8 Å². The highest BCUT2D eigenvalue weighted by Crippen LogP contribution is 2.76. The van der Waals surface area contributed by atoms with E-state index in [-0.39, 0.29) is 58.6 Å². The average Bonchev–Trinajstić information content (AvgIpc) is 3.51. The lowest BCUT2D eigenvalue weighted by Gasteiger charge is -2.71. The Morgan fingerprint density at radius 1 is 0.710 bits per heavy atom. The lowest BCUT2D eigenvalue weighted by Crippen LogP contribution is -2.68. The Bertz CT molecular complexity index is 1720. The van der Waals surface area contributed by atoms with Crippen LogP contribution in [-0.2, 0) is 57.1 Å². The third-order valence-corrected chi connectivity index (χ3v) is 16.4. The van der Waals surface area contributed by atoms with Gasteiger partial charge in [0, 0.05) is 33.6 Å². The minimum atomic E-state index is -1.32. The van der Waals surface area contributed by atoms with E-state index >= 15 is 0 Å². The number of allylic oxidation sites excluding steroid dienone is 2. The molecule has 5 rings (SSSR count). The molecule has 0 radical (unpaired) electrons. The van der Waals surface area contributed by atoms with Crippen LogP contribution in [0.1, 0.15) is 162 Å². The molecular formula is C49H78O13. The molecule has 0 aromatic carbocycles. The van der Waals surface area contributed by atoms with Crippen molar-refractivity contribution in [3.63, 3.8) is 0 Å². The fraction of sp³-hybridized carbons (Fsp3) is 0.857. The van der Waals surface area contributed by atoms with Crippen LogP contribution < -0.4 is 0 Å². The van der Waals surface area contributed by atoms with Crippen molar-refractivity contribution in [2.75, 3.05) is 6.61 Å². The molecule has 4 aliphatic carbocycles. The summed E-state index contributed by atoms with van der Waals surface area (Å²) in [5.41, 5.74) is -1.36. The first-order chi connectivity index (χ1) is 28.5. The largest absolute Gasteiger partial charge is 0.463 e. The van der Waals surface area contributed by atoms with Crippen molar-refractivity contribution < 1.29 is 62.2 Å². The van der Waals surface area contributed by atoms with E-state index in [2.05, 4.69) is 54.5 Å². The van der Waals surface area contributed by atoms with Gasteiger partial charge in [-0.25, -0.2) is 0 Å². The Kier molecular flexibility index (Phi) is 14.6. The first kappa shape index (κ1) is 50.0. The molecule has 1 saturated heterocycles. The molecule has 1 N–H and O–H groups in total. The molecule has 62 heavy (non-hydrogen) atoms. The van der Waals surface area contributed by atoms with Crippen LogP contribution in [0.2, 0.25) is 0 Å². The van der Waals surface area contributed by atoms with Gasteiger partial charge in [0.05, 0.1) is 17.1 Å². The van der Waals surface area contributed by atoms with E-state index in [1.165, 1.54) is 33.3 Å². The summed E-state index contributed by atoms with van der Waals surface area (Å²) in [6, 6.07) is 0. The van der Waals surface area contributed by atoms with Crippen molar-refractivity contribution in [3.05, 3.63) is 11.6 Å². The normalized spacial score (nSPS) is 39.6. The van der Waals surface area contributed by atoms with Gasteiger partial charge in [-0.3, -0.25) is 24.0 Å². The molecule has 352 valence electrons. The van der Waals surface area contributed by atoms with Crippen LogP contribution in [-0.4, -0.2) is 90.1 Å². The SMILES string of the molecule is CC(=O)OCC1OC(OC2CCC3(C)C(CCC4(C)C3CC(OC(=O)C(C)(C)C)C3C([C@@](C)(O)CCC=C(C)C)CC[C@]34C)C2(C)C)C(OC(C)=O)C(OC(C)=O)C1OC(C)=O. The lowest BCUT2D eigenvalue weighted by molar-refractivity contribution is -0.335. The maximum atomic E-state index is 13.9. The van der Waals surface area contributed by atoms with Crippen molar-refractivity contribution in [2.24, 2.45) is 50.7 Å². The highest BCUT2D eigenvalue weighted by molar-refractivity contribution is 5.75. The highest BCUT2D eigenvalue weighted by atomic mass is 16.7. The minimum absolute atomic E-state index is 0.00727. The van der Waals surface area contributed by atoms with Crippen LogP contribution >= 0.6 is 0 Å². The molecule has 0 spiro atoms. The van der Waals surface area contributed by atoms with Gasteiger partial charge in [-0.1, -0.05) is 46.3 Å². The zero-order valence-electron chi connectivity index (χ0n) is 40.3. The minimum Gasteiger partial charge on any atom is -0.463 e. The van der Waals surface area contributed by atoms with Gasteiger partial charge in [-0.15, -0.1) is 0 Å². The lowest BCUT2D eigenvalue weighted by atomic mass is 9.35. The molecule has 0 aromatic heterocycles. The van der Waals surface area contributed by atoms with Gasteiger partial charge in [0.1, 0.15) is 18.8 Å². The molecule has 1 heterocycles. The highest BCUT2D eigenvalue weighted by Gasteiger charge is 2.72. The molecular weight excluding hydrogens is 797 g/mol. The fourth-order valence-corrected chi connectivity index (χ4v) is 13.4. The Morgan fingerprint density at radius 2 is 1.29 bits per heavy atom. The molecule has 1 aliphatic heterocycles. The number of fused-ring (bicyclic) bond motifs is 5. The summed E-state index contributed by atoms with van der Waals surface area (Å²) in [6.45, 7) is 28.1. The smallest absolute Gasteiger partial charge is 0.311 e. The van der Waals surface area contributed by atoms with Crippen LogP contribution in [0, 0.1) is 50.7 Å². The fourth-order valence-electron chi connectivity index (χ4n) is 13.4. The van der Waals surface area contributed by atoms with Crippen LogP contribution in [0.25, 0.3) is 0 Å². The van der Waals surface area contributed by atoms with Crippen LogP contribution in [0.5, 0.6) is 0 Å². The average molecular weight is 875 g/mol. The summed E-state index contributed by atoms with van der Waals surface area (Å²) in [6.07, 6.45) is 2.36. The summed E-state index contributed by atoms with van der Waals surface area (Å²) in [5, 5.41) is 12.3. The van der Waals surface area contributed by atoms with Gasteiger partial charge in [0.25, 0.3) is 0 Å². The topological polar surface area (TPSA) is 170 Å². The van der Waals surface area contributed by atoms with E-state index in [4.69, 9.17) is 33.2 Å². The Hall–Kier alpha value is -3.03. The molecule has 5 fully saturated rings. The maximum Gasteiger partial charge on any atom is 0.311 e. The molecule has 4 saturated carbocycles. The number of aliphatic hydroxyl groups is 1. The molecule has 13 heteroatoms. The molecule has 0 bridgehead atoms. The monoisotopic (exact) mass is 875 g/mol. The quantitative estimate of drug-likeness (QED) is 0.0862. The second-order valence-corrected chi connectivity index (χ2v) is 22.3. The van der Waals surface area contributed by atoms with Crippen LogP contribution in [0.3, 0.4) is 0 Å². The van der Waals surface area contributed by atoms with Crippen molar-refractivity contribution in [1.29, 1.82) is 0 Å². The maximum absolute atomic E-state index is 13.9. The number of hydrogen-bond donors (Lipinski definition) is 1. The number of carbonyl (C=O) groups excluding carboxylic acids is 5. The summed E-state index contributed by atoms with van der Waals surface area (Å²) in [5.74, 6) is -2.58. The standard InChI is InChI=1S/C49H78O13/c1-27(2)17-16-21-49(15,55)32-18-23-48(14)38(32)33(61-43(54)44(7,8)9)25-36-46(12)22-20-37(45(10,11)35(46)19-24-47(36,48)13)62-42-41(59-31(6)53)40(58-30(5)52)39(57-29(4)51)34(60-42)26-56-28(3)50/h17,32-42,55H,16,18-26H2,1-15H3/t32?,33?,34?,35?,36?,37?,38?,39?,40?,41?,42?,46?,47?,48-,49+/m1/s1. The van der Waals surface area contributed by atoms with Gasteiger partial charge in [0.2, 0.25) is 0 Å². The molecule has 15 atom stereocenters. The van der Waals surface area contributed by atoms with E-state index in [0.29, 0.717) is 19.3 Å². The summed E-state index contributed by atoms with van der Waals surface area (Å²) in [4.78, 5) is 63.3. The van der Waals surface area contributed by atoms with Crippen molar-refractivity contribution in [1.82, 2.24) is 0 Å². The Morgan fingerprint density at radius 3 is 1.85 bits per heavy atom. The van der Waals surface area contributed by atoms with Gasteiger partial charge >= 0.3 is 29.8 Å². The second kappa shape index (κ2) is 18.1. The van der Waals surface area contributed by atoms with Crippen LogP contribution in [0.15, 0.2) is 11.6 Å².